The van der Waals surface area contributed by atoms with Crippen LogP contribution in [0.3, 0.4) is 0 Å². The topological polar surface area (TPSA) is 37.3 Å². The van der Waals surface area contributed by atoms with E-state index in [0.717, 1.165) is 12.8 Å². The van der Waals surface area contributed by atoms with Gasteiger partial charge in [0.15, 0.2) is 0 Å². The maximum atomic E-state index is 11.7. The number of hydrogen-bond donors (Lipinski definition) is 1. The van der Waals surface area contributed by atoms with Gasteiger partial charge in [-0.3, -0.25) is 0 Å². The Morgan fingerprint density at radius 3 is 2.41 bits per heavy atom. The van der Waals surface area contributed by atoms with Gasteiger partial charge in [-0.15, -0.1) is 0 Å². The number of carbonyl (C=O) groups is 1. The number of benzene rings is 1. The largest absolute Gasteiger partial charge is 0.478 e. The van der Waals surface area contributed by atoms with Crippen molar-refractivity contribution >= 4 is 5.97 Å². The number of hydrogen-bond acceptors (Lipinski definition) is 1. The Labute approximate surface area is 164 Å². The summed E-state index contributed by atoms with van der Waals surface area (Å²) in [6, 6.07) is 10.7. The molecule has 3 rings (SSSR count). The van der Waals surface area contributed by atoms with Crippen molar-refractivity contribution in [3.05, 3.63) is 59.2 Å². The van der Waals surface area contributed by atoms with E-state index in [1.807, 2.05) is 0 Å². The van der Waals surface area contributed by atoms with Crippen molar-refractivity contribution in [1.29, 1.82) is 0 Å². The minimum absolute atomic E-state index is 0.142. The summed E-state index contributed by atoms with van der Waals surface area (Å²) in [5, 5.41) is 9.65. The predicted octanol–water partition coefficient (Wildman–Crippen LogP) is 6.46. The molecule has 1 saturated carbocycles. The van der Waals surface area contributed by atoms with E-state index >= 15 is 0 Å². The smallest absolute Gasteiger partial charge is 0.330 e. The van der Waals surface area contributed by atoms with Crippen molar-refractivity contribution in [3.63, 3.8) is 0 Å². The standard InChI is InChI=1S/C25H34O2/c1-6-19-14-21(20-11-9-8-10-12-20)25(7-2,15-18(5)24(26)27)23-17(4)13-16(3)22(19)23/h8-12,14-17,21-23H,6-7,13H2,1-5H3,(H,26,27)/b18-15+/t16-,17-,21+,22+,23-,25-/m0/s1. The van der Waals surface area contributed by atoms with Crippen LogP contribution in [0.2, 0.25) is 0 Å². The van der Waals surface area contributed by atoms with Crippen LogP contribution < -0.4 is 0 Å². The third-order valence-electron chi connectivity index (χ3n) is 7.37. The average Bonchev–Trinajstić information content (AvgIpc) is 2.97. The molecule has 0 bridgehead atoms. The quantitative estimate of drug-likeness (QED) is 0.480. The summed E-state index contributed by atoms with van der Waals surface area (Å²) in [6.45, 7) is 11.1. The zero-order chi connectivity index (χ0) is 19.8. The first-order valence-corrected chi connectivity index (χ1v) is 10.5. The Morgan fingerprint density at radius 1 is 1.19 bits per heavy atom. The van der Waals surface area contributed by atoms with Crippen molar-refractivity contribution in [1.82, 2.24) is 0 Å². The Hall–Kier alpha value is -1.83. The van der Waals surface area contributed by atoms with Gasteiger partial charge in [0.1, 0.15) is 0 Å². The van der Waals surface area contributed by atoms with Gasteiger partial charge in [0.2, 0.25) is 0 Å². The van der Waals surface area contributed by atoms with Gasteiger partial charge in [-0.25, -0.2) is 4.79 Å². The summed E-state index contributed by atoms with van der Waals surface area (Å²) in [7, 11) is 0. The molecule has 0 radical (unpaired) electrons. The monoisotopic (exact) mass is 366 g/mol. The summed E-state index contributed by atoms with van der Waals surface area (Å²) in [5.74, 6) is 1.78. The van der Waals surface area contributed by atoms with Crippen LogP contribution >= 0.6 is 0 Å². The van der Waals surface area contributed by atoms with E-state index in [4.69, 9.17) is 0 Å². The molecule has 0 saturated heterocycles. The van der Waals surface area contributed by atoms with Crippen LogP contribution in [0.25, 0.3) is 0 Å². The molecular weight excluding hydrogens is 332 g/mol. The maximum absolute atomic E-state index is 11.7. The molecule has 1 fully saturated rings. The molecule has 27 heavy (non-hydrogen) atoms. The highest BCUT2D eigenvalue weighted by atomic mass is 16.4. The van der Waals surface area contributed by atoms with E-state index in [-0.39, 0.29) is 11.3 Å². The van der Waals surface area contributed by atoms with Gasteiger partial charge in [0.05, 0.1) is 0 Å². The first-order valence-electron chi connectivity index (χ1n) is 10.5. The lowest BCUT2D eigenvalue weighted by molar-refractivity contribution is -0.132. The Balaban J connectivity index is 2.27. The van der Waals surface area contributed by atoms with Gasteiger partial charge in [0.25, 0.3) is 0 Å². The van der Waals surface area contributed by atoms with Crippen molar-refractivity contribution < 1.29 is 9.90 Å². The van der Waals surface area contributed by atoms with Gasteiger partial charge in [0, 0.05) is 16.9 Å². The Kier molecular flexibility index (Phi) is 5.65. The fourth-order valence-electron chi connectivity index (χ4n) is 6.36. The molecule has 0 amide bonds. The molecule has 1 aromatic carbocycles. The minimum atomic E-state index is -0.796. The third-order valence-corrected chi connectivity index (χ3v) is 7.37. The second-order valence-corrected chi connectivity index (χ2v) is 8.82. The van der Waals surface area contributed by atoms with Crippen LogP contribution in [0.15, 0.2) is 53.6 Å². The van der Waals surface area contributed by atoms with Crippen molar-refractivity contribution in [2.45, 2.75) is 59.8 Å². The first-order chi connectivity index (χ1) is 12.9. The van der Waals surface area contributed by atoms with E-state index in [9.17, 15) is 9.90 Å². The minimum Gasteiger partial charge on any atom is -0.478 e. The zero-order valence-electron chi connectivity index (χ0n) is 17.4. The summed E-state index contributed by atoms with van der Waals surface area (Å²) in [4.78, 5) is 11.7. The number of allylic oxidation sites excluding steroid dienone is 3. The second-order valence-electron chi connectivity index (χ2n) is 8.82. The SMILES string of the molecule is CCC1=C[C@H](c2ccccc2)[C@@](/C=C(\C)C(=O)O)(CC)[C@@H]2[C@@H]1[C@@H](C)C[C@@H]2C. The van der Waals surface area contributed by atoms with Crippen LogP contribution in [0.1, 0.15) is 65.4 Å². The maximum Gasteiger partial charge on any atom is 0.330 e. The van der Waals surface area contributed by atoms with E-state index in [1.165, 1.54) is 12.0 Å². The third kappa shape index (κ3) is 3.28. The number of fused-ring (bicyclic) bond motifs is 1. The lowest BCUT2D eigenvalue weighted by Gasteiger charge is -2.51. The lowest BCUT2D eigenvalue weighted by Crippen LogP contribution is -2.43. The van der Waals surface area contributed by atoms with E-state index in [1.54, 1.807) is 12.5 Å². The summed E-state index contributed by atoms with van der Waals surface area (Å²) < 4.78 is 0. The van der Waals surface area contributed by atoms with Gasteiger partial charge in [-0.2, -0.15) is 0 Å². The molecule has 2 nitrogen and oxygen atoms in total. The van der Waals surface area contributed by atoms with Crippen molar-refractivity contribution in [3.8, 4) is 0 Å². The first kappa shape index (κ1) is 19.9. The normalized spacial score (nSPS) is 36.3. The van der Waals surface area contributed by atoms with Crippen LogP contribution in [0.4, 0.5) is 0 Å². The molecule has 1 aromatic rings. The molecule has 0 heterocycles. The Morgan fingerprint density at radius 2 is 1.85 bits per heavy atom. The summed E-state index contributed by atoms with van der Waals surface area (Å²) in [5.41, 5.74) is 3.23. The fourth-order valence-corrected chi connectivity index (χ4v) is 6.36. The van der Waals surface area contributed by atoms with Crippen LogP contribution in [-0.4, -0.2) is 11.1 Å². The lowest BCUT2D eigenvalue weighted by atomic mass is 9.52. The average molecular weight is 367 g/mol. The van der Waals surface area contributed by atoms with Crippen LogP contribution in [0, 0.1) is 29.1 Å². The van der Waals surface area contributed by atoms with Crippen molar-refractivity contribution in [2.75, 3.05) is 0 Å². The van der Waals surface area contributed by atoms with E-state index in [2.05, 4.69) is 70.2 Å². The molecule has 146 valence electrons. The van der Waals surface area contributed by atoms with E-state index in [0.29, 0.717) is 29.2 Å². The number of aliphatic carboxylic acids is 1. The number of carboxylic acid groups (broad SMARTS) is 1. The molecular formula is C25H34O2. The van der Waals surface area contributed by atoms with Gasteiger partial charge < -0.3 is 5.11 Å². The molecule has 6 atom stereocenters. The predicted molar refractivity (Wildman–Crippen MR) is 112 cm³/mol. The highest BCUT2D eigenvalue weighted by molar-refractivity contribution is 5.86. The Bertz CT molecular complexity index is 745. The molecule has 0 unspecified atom stereocenters. The molecule has 2 heteroatoms. The van der Waals surface area contributed by atoms with Crippen LogP contribution in [-0.2, 0) is 4.79 Å². The molecule has 0 aliphatic heterocycles. The molecule has 1 N–H and O–H groups in total. The molecule has 0 aromatic heterocycles. The second kappa shape index (κ2) is 7.66. The number of carboxylic acids is 1. The molecule has 0 spiro atoms. The highest BCUT2D eigenvalue weighted by Crippen LogP contribution is 2.63. The summed E-state index contributed by atoms with van der Waals surface area (Å²) >= 11 is 0. The number of rotatable bonds is 5. The van der Waals surface area contributed by atoms with Gasteiger partial charge >= 0.3 is 5.97 Å². The molecule has 2 aliphatic rings. The summed E-state index contributed by atoms with van der Waals surface area (Å²) in [6.07, 6.45) is 7.91. The zero-order valence-corrected chi connectivity index (χ0v) is 17.4. The van der Waals surface area contributed by atoms with Crippen LogP contribution in [0.5, 0.6) is 0 Å². The van der Waals surface area contributed by atoms with Gasteiger partial charge in [-0.05, 0) is 55.4 Å². The van der Waals surface area contributed by atoms with Gasteiger partial charge in [-0.1, -0.05) is 75.8 Å². The molecule has 2 aliphatic carbocycles. The van der Waals surface area contributed by atoms with E-state index < -0.39 is 5.97 Å². The highest BCUT2D eigenvalue weighted by Gasteiger charge is 2.55. The van der Waals surface area contributed by atoms with Crippen molar-refractivity contribution in [2.24, 2.45) is 29.1 Å². The fraction of sp³-hybridized carbons (Fsp3) is 0.560.